The molecule has 132 valence electrons. The fourth-order valence-electron chi connectivity index (χ4n) is 4.01. The summed E-state index contributed by atoms with van der Waals surface area (Å²) in [4.78, 5) is 5.43. The van der Waals surface area contributed by atoms with Gasteiger partial charge in [0, 0.05) is 23.7 Å². The third-order valence-corrected chi connectivity index (χ3v) is 5.35. The topological polar surface area (TPSA) is 76.4 Å². The number of benzene rings is 1. The molecular formula is C17H23ClN2O4. The second-order valence-corrected chi connectivity index (χ2v) is 6.98. The van der Waals surface area contributed by atoms with Gasteiger partial charge in [0.15, 0.2) is 6.23 Å². The van der Waals surface area contributed by atoms with Crippen molar-refractivity contribution in [1.82, 2.24) is 10.1 Å². The Morgan fingerprint density at radius 1 is 1.21 bits per heavy atom. The first-order valence-corrected chi connectivity index (χ1v) is 8.35. The smallest absolute Gasteiger partial charge is 0.160 e. The third-order valence-electron chi connectivity index (χ3n) is 5.13. The molecule has 1 aromatic rings. The molecule has 24 heavy (non-hydrogen) atoms. The summed E-state index contributed by atoms with van der Waals surface area (Å²) in [5.41, 5.74) is 2.17. The van der Waals surface area contributed by atoms with E-state index in [9.17, 15) is 15.4 Å². The van der Waals surface area contributed by atoms with Crippen molar-refractivity contribution in [1.29, 1.82) is 0 Å². The van der Waals surface area contributed by atoms with Crippen LogP contribution in [0.5, 0.6) is 0 Å². The molecule has 3 N–H and O–H groups in total. The van der Waals surface area contributed by atoms with E-state index in [2.05, 4.69) is 0 Å². The summed E-state index contributed by atoms with van der Waals surface area (Å²) in [6.07, 6.45) is -0.177. The summed E-state index contributed by atoms with van der Waals surface area (Å²) in [7, 11) is 1.48. The lowest BCUT2D eigenvalue weighted by molar-refractivity contribution is -0.262. The van der Waals surface area contributed by atoms with Crippen molar-refractivity contribution in [2.24, 2.45) is 0 Å². The van der Waals surface area contributed by atoms with Gasteiger partial charge in [0.05, 0.1) is 7.11 Å². The number of aliphatic hydroxyl groups is 2. The van der Waals surface area contributed by atoms with Crippen molar-refractivity contribution in [3.63, 3.8) is 0 Å². The largest absolute Gasteiger partial charge is 0.510 e. The lowest BCUT2D eigenvalue weighted by Crippen LogP contribution is -2.55. The summed E-state index contributed by atoms with van der Waals surface area (Å²) in [5, 5.41) is 34.9. The summed E-state index contributed by atoms with van der Waals surface area (Å²) >= 11 is 6.11. The second kappa shape index (κ2) is 6.29. The molecule has 0 amide bonds. The molecule has 0 aromatic heterocycles. The molecule has 0 aliphatic carbocycles. The van der Waals surface area contributed by atoms with E-state index in [4.69, 9.17) is 16.4 Å². The molecule has 1 aromatic carbocycles. The Hall–Kier alpha value is -1.15. The van der Waals surface area contributed by atoms with E-state index in [1.165, 1.54) is 17.2 Å². The van der Waals surface area contributed by atoms with E-state index < -0.39 is 11.8 Å². The Balaban J connectivity index is 2.15. The summed E-state index contributed by atoms with van der Waals surface area (Å²) in [6, 6.07) is 3.63. The molecule has 1 saturated heterocycles. The number of nitrogens with zero attached hydrogens (tertiary/aromatic N) is 2. The number of halogens is 1. The molecule has 0 saturated carbocycles. The number of piperidine rings is 1. The van der Waals surface area contributed by atoms with Crippen molar-refractivity contribution >= 4 is 17.2 Å². The molecule has 1 atom stereocenters. The molecule has 2 aliphatic rings. The Bertz CT molecular complexity index is 660. The van der Waals surface area contributed by atoms with Crippen LogP contribution in [0.3, 0.4) is 0 Å². The van der Waals surface area contributed by atoms with Gasteiger partial charge in [-0.2, -0.15) is 5.06 Å². The van der Waals surface area contributed by atoms with Crippen molar-refractivity contribution in [3.05, 3.63) is 39.6 Å². The van der Waals surface area contributed by atoms with Gasteiger partial charge in [0.2, 0.25) is 0 Å². The number of rotatable bonds is 2. The maximum absolute atomic E-state index is 11.1. The standard InChI is InChI=1S/C17H23ClN2O4/c1-10-8-12(18)9-11(2)13(10)14-15(21)17(20(24-3)16(14)22)4-6-19(23)7-5-17/h8-9,16,21-23H,4-7H2,1-3H3. The van der Waals surface area contributed by atoms with Gasteiger partial charge in [-0.3, -0.25) is 4.84 Å². The highest BCUT2D eigenvalue weighted by atomic mass is 35.5. The molecule has 0 bridgehead atoms. The first-order valence-electron chi connectivity index (χ1n) is 7.98. The summed E-state index contributed by atoms with van der Waals surface area (Å²) in [6.45, 7) is 4.59. The molecule has 0 radical (unpaired) electrons. The molecule has 1 unspecified atom stereocenters. The van der Waals surface area contributed by atoms with Gasteiger partial charge in [0.25, 0.3) is 0 Å². The summed E-state index contributed by atoms with van der Waals surface area (Å²) < 4.78 is 0. The summed E-state index contributed by atoms with van der Waals surface area (Å²) in [5.74, 6) is 0.110. The second-order valence-electron chi connectivity index (χ2n) is 6.54. The number of aryl methyl sites for hydroxylation is 2. The van der Waals surface area contributed by atoms with Crippen LogP contribution >= 0.6 is 11.6 Å². The third kappa shape index (κ3) is 2.54. The first kappa shape index (κ1) is 17.7. The molecule has 2 heterocycles. The van der Waals surface area contributed by atoms with Crippen LogP contribution in [0.1, 0.15) is 29.5 Å². The Morgan fingerprint density at radius 2 is 1.75 bits per heavy atom. The Morgan fingerprint density at radius 3 is 2.25 bits per heavy atom. The monoisotopic (exact) mass is 354 g/mol. The highest BCUT2D eigenvalue weighted by Gasteiger charge is 2.55. The molecule has 7 heteroatoms. The first-order chi connectivity index (χ1) is 11.3. The van der Waals surface area contributed by atoms with Crippen LogP contribution in [0.2, 0.25) is 5.02 Å². The SMILES string of the molecule is CON1C(O)C(c2c(C)cc(Cl)cc2C)=C(O)C12CCN(O)CC2. The Labute approximate surface area is 146 Å². The van der Waals surface area contributed by atoms with Crippen LogP contribution in [-0.2, 0) is 4.84 Å². The van der Waals surface area contributed by atoms with Crippen LogP contribution in [0.4, 0.5) is 0 Å². The van der Waals surface area contributed by atoms with E-state index in [1.807, 2.05) is 26.0 Å². The average molecular weight is 355 g/mol. The van der Waals surface area contributed by atoms with Crippen LogP contribution in [-0.4, -0.2) is 57.5 Å². The fraction of sp³-hybridized carbons (Fsp3) is 0.529. The van der Waals surface area contributed by atoms with Crippen LogP contribution < -0.4 is 0 Å². The van der Waals surface area contributed by atoms with Gasteiger partial charge in [-0.25, -0.2) is 0 Å². The predicted molar refractivity (Wildman–Crippen MR) is 90.7 cm³/mol. The van der Waals surface area contributed by atoms with Gasteiger partial charge in [-0.15, -0.1) is 5.06 Å². The van der Waals surface area contributed by atoms with Crippen LogP contribution in [0.25, 0.3) is 5.57 Å². The lowest BCUT2D eigenvalue weighted by atomic mass is 9.85. The lowest BCUT2D eigenvalue weighted by Gasteiger charge is -2.42. The van der Waals surface area contributed by atoms with E-state index in [1.54, 1.807) is 0 Å². The van der Waals surface area contributed by atoms with Gasteiger partial charge in [-0.1, -0.05) is 11.6 Å². The minimum absolute atomic E-state index is 0.110. The van der Waals surface area contributed by atoms with Crippen molar-refractivity contribution in [3.8, 4) is 0 Å². The molecule has 2 aliphatic heterocycles. The average Bonchev–Trinajstić information content (AvgIpc) is 2.71. The maximum Gasteiger partial charge on any atom is 0.160 e. The van der Waals surface area contributed by atoms with E-state index in [0.717, 1.165) is 16.7 Å². The molecule has 1 spiro atoms. The number of aliphatic hydroxyl groups excluding tert-OH is 2. The van der Waals surface area contributed by atoms with E-state index in [-0.39, 0.29) is 5.76 Å². The normalized spacial score (nSPS) is 25.0. The maximum atomic E-state index is 11.1. The van der Waals surface area contributed by atoms with E-state index >= 15 is 0 Å². The fourth-order valence-corrected chi connectivity index (χ4v) is 4.34. The van der Waals surface area contributed by atoms with Gasteiger partial charge in [-0.05, 0) is 55.5 Å². The molecular weight excluding hydrogens is 332 g/mol. The minimum Gasteiger partial charge on any atom is -0.510 e. The highest BCUT2D eigenvalue weighted by molar-refractivity contribution is 6.30. The van der Waals surface area contributed by atoms with Gasteiger partial charge < -0.3 is 15.4 Å². The zero-order valence-electron chi connectivity index (χ0n) is 14.1. The van der Waals surface area contributed by atoms with Gasteiger partial charge >= 0.3 is 0 Å². The van der Waals surface area contributed by atoms with Crippen molar-refractivity contribution < 1.29 is 20.3 Å². The van der Waals surface area contributed by atoms with Gasteiger partial charge in [0.1, 0.15) is 11.3 Å². The molecule has 3 rings (SSSR count). The van der Waals surface area contributed by atoms with Crippen molar-refractivity contribution in [2.75, 3.05) is 20.2 Å². The van der Waals surface area contributed by atoms with Crippen LogP contribution in [0.15, 0.2) is 17.9 Å². The number of hydrogen-bond acceptors (Lipinski definition) is 6. The number of hydroxylamine groups is 4. The molecule has 1 fully saturated rings. The number of hydrogen-bond donors (Lipinski definition) is 3. The van der Waals surface area contributed by atoms with E-state index in [0.29, 0.717) is 36.5 Å². The zero-order valence-corrected chi connectivity index (χ0v) is 14.8. The highest BCUT2D eigenvalue weighted by Crippen LogP contribution is 2.48. The van der Waals surface area contributed by atoms with Crippen molar-refractivity contribution in [2.45, 2.75) is 38.5 Å². The zero-order chi connectivity index (χ0) is 17.6. The quantitative estimate of drug-likeness (QED) is 0.758. The molecule has 6 nitrogen and oxygen atoms in total. The predicted octanol–water partition coefficient (Wildman–Crippen LogP) is 2.65. The Kier molecular flexibility index (Phi) is 4.63. The van der Waals surface area contributed by atoms with Crippen LogP contribution in [0, 0.1) is 13.8 Å². The minimum atomic E-state index is -1.08.